The predicted octanol–water partition coefficient (Wildman–Crippen LogP) is 12.5. The summed E-state index contributed by atoms with van der Waals surface area (Å²) >= 11 is 1.94. The molecule has 264 valence electrons. The number of rotatable bonds is 1. The lowest BCUT2D eigenvalue weighted by Crippen LogP contribution is -2.64. The predicted molar refractivity (Wildman–Crippen MR) is 232 cm³/mol. The first-order valence-electron chi connectivity index (χ1n) is 19.9. The van der Waals surface area contributed by atoms with Crippen LogP contribution in [0.25, 0.3) is 53.2 Å². The maximum Gasteiger partial charge on any atom is 0.333 e. The number of aryl methyl sites for hydroxylation is 1. The minimum Gasteiger partial charge on any atom is -0.455 e. The van der Waals surface area contributed by atoms with Crippen LogP contribution >= 0.6 is 11.3 Å². The lowest BCUT2D eigenvalue weighted by molar-refractivity contribution is 0.195. The van der Waals surface area contributed by atoms with Crippen LogP contribution in [0.1, 0.15) is 77.0 Å². The largest absolute Gasteiger partial charge is 0.455 e. The van der Waals surface area contributed by atoms with E-state index in [0.29, 0.717) is 0 Å². The molecule has 8 aromatic rings. The first-order valence-corrected chi connectivity index (χ1v) is 20.7. The summed E-state index contributed by atoms with van der Waals surface area (Å²) in [6.45, 7) is 14.6. The number of nitrogens with zero attached hydrogens (tertiary/aromatic N) is 2. The standard InChI is InChI=1S/C49H43BN2OS/c1-28-15-7-10-18-37(28)52-43-33(22-21-32-31-17-9-12-20-40(31)54-46(32)43)41-42-38(27-34-30-16-8-11-19-39(30)53-45(34)41)51-44-35(48(5)23-13-14-24-49(48,51)6)25-29(47(2,3)4)26-36(44)50(42)52/h7-12,15-22,25-27H,13-14,23-24H2,1-6H3. The van der Waals surface area contributed by atoms with Crippen LogP contribution in [0, 0.1) is 6.92 Å². The Kier molecular flexibility index (Phi) is 5.92. The van der Waals surface area contributed by atoms with Gasteiger partial charge >= 0.3 is 6.85 Å². The minimum atomic E-state index is -0.0615. The van der Waals surface area contributed by atoms with Crippen LogP contribution in [0.5, 0.6) is 0 Å². The van der Waals surface area contributed by atoms with Gasteiger partial charge < -0.3 is 14.1 Å². The van der Waals surface area contributed by atoms with Crippen molar-refractivity contribution in [3.05, 3.63) is 120 Å². The number of hydrogen-bond donors (Lipinski definition) is 0. The molecule has 12 rings (SSSR count). The van der Waals surface area contributed by atoms with Crippen molar-refractivity contribution in [3.63, 3.8) is 0 Å². The zero-order chi connectivity index (χ0) is 36.5. The summed E-state index contributed by atoms with van der Waals surface area (Å²) in [7, 11) is 0. The Morgan fingerprint density at radius 3 is 2.33 bits per heavy atom. The van der Waals surface area contributed by atoms with Crippen molar-refractivity contribution in [1.29, 1.82) is 0 Å². The number of hydrogen-bond acceptors (Lipinski definition) is 4. The molecule has 5 heteroatoms. The van der Waals surface area contributed by atoms with Crippen LogP contribution in [-0.4, -0.2) is 12.4 Å². The molecule has 3 nitrogen and oxygen atoms in total. The van der Waals surface area contributed by atoms with Gasteiger partial charge in [-0.05, 0) is 84.0 Å². The summed E-state index contributed by atoms with van der Waals surface area (Å²) in [5.41, 5.74) is 16.9. The molecular weight excluding hydrogens is 675 g/mol. The number of fused-ring (bicyclic) bond motifs is 15. The second-order valence-corrected chi connectivity index (χ2v) is 19.1. The smallest absolute Gasteiger partial charge is 0.333 e. The van der Waals surface area contributed by atoms with Gasteiger partial charge in [-0.2, -0.15) is 0 Å². The van der Waals surface area contributed by atoms with Crippen LogP contribution in [0.3, 0.4) is 0 Å². The van der Waals surface area contributed by atoms with E-state index in [1.807, 2.05) is 11.3 Å². The molecule has 54 heavy (non-hydrogen) atoms. The van der Waals surface area contributed by atoms with E-state index in [-0.39, 0.29) is 23.2 Å². The Labute approximate surface area is 321 Å². The van der Waals surface area contributed by atoms with E-state index in [9.17, 15) is 0 Å². The number of thiophene rings is 1. The Hall–Kier alpha value is -5.00. The van der Waals surface area contributed by atoms with Gasteiger partial charge in [0, 0.05) is 59.8 Å². The van der Waals surface area contributed by atoms with Crippen LogP contribution in [-0.2, 0) is 10.8 Å². The summed E-state index contributed by atoms with van der Waals surface area (Å²) in [4.78, 5) is 5.62. The molecule has 5 heterocycles. The molecule has 6 aromatic carbocycles. The van der Waals surface area contributed by atoms with E-state index in [1.54, 1.807) is 5.56 Å². The van der Waals surface area contributed by atoms with Crippen molar-refractivity contribution in [2.24, 2.45) is 0 Å². The van der Waals surface area contributed by atoms with Crippen molar-refractivity contribution < 1.29 is 4.42 Å². The molecule has 1 fully saturated rings. The van der Waals surface area contributed by atoms with E-state index >= 15 is 0 Å². The fourth-order valence-electron chi connectivity index (χ4n) is 11.3. The minimum absolute atomic E-state index is 0.00894. The van der Waals surface area contributed by atoms with Crippen LogP contribution in [0.15, 0.2) is 108 Å². The van der Waals surface area contributed by atoms with E-state index in [4.69, 9.17) is 4.42 Å². The molecular formula is C49H43BN2OS. The monoisotopic (exact) mass is 718 g/mol. The average molecular weight is 719 g/mol. The van der Waals surface area contributed by atoms with Gasteiger partial charge in [-0.25, -0.2) is 0 Å². The molecule has 1 aliphatic carbocycles. The lowest BCUT2D eigenvalue weighted by Gasteiger charge is -2.53. The van der Waals surface area contributed by atoms with Gasteiger partial charge in [-0.3, -0.25) is 0 Å². The van der Waals surface area contributed by atoms with E-state index in [0.717, 1.165) is 11.2 Å². The van der Waals surface area contributed by atoms with E-state index in [2.05, 4.69) is 154 Å². The maximum atomic E-state index is 7.08. The molecule has 1 saturated carbocycles. The lowest BCUT2D eigenvalue weighted by atomic mass is 9.43. The number of benzene rings is 6. The van der Waals surface area contributed by atoms with Gasteiger partial charge in [-0.1, -0.05) is 119 Å². The number of anilines is 4. The van der Waals surface area contributed by atoms with Crippen LogP contribution in [0.4, 0.5) is 22.7 Å². The van der Waals surface area contributed by atoms with Gasteiger partial charge in [0.2, 0.25) is 0 Å². The topological polar surface area (TPSA) is 19.6 Å². The van der Waals surface area contributed by atoms with Crippen molar-refractivity contribution in [3.8, 4) is 11.1 Å². The second kappa shape index (κ2) is 10.2. The zero-order valence-corrected chi connectivity index (χ0v) is 32.7. The van der Waals surface area contributed by atoms with Crippen molar-refractivity contribution in [1.82, 2.24) is 0 Å². The molecule has 4 aliphatic rings. The molecule has 2 unspecified atom stereocenters. The van der Waals surface area contributed by atoms with Gasteiger partial charge in [0.1, 0.15) is 11.2 Å². The fourth-order valence-corrected chi connectivity index (χ4v) is 12.6. The second-order valence-electron chi connectivity index (χ2n) is 18.0. The van der Waals surface area contributed by atoms with E-state index in [1.165, 1.54) is 113 Å². The van der Waals surface area contributed by atoms with Gasteiger partial charge in [0.15, 0.2) is 0 Å². The molecule has 0 amide bonds. The summed E-state index contributed by atoms with van der Waals surface area (Å²) in [6.07, 6.45) is 4.90. The molecule has 2 atom stereocenters. The van der Waals surface area contributed by atoms with Crippen molar-refractivity contribution >= 4 is 94.0 Å². The highest BCUT2D eigenvalue weighted by Gasteiger charge is 2.62. The Balaban J connectivity index is 1.33. The third kappa shape index (κ3) is 3.65. The summed E-state index contributed by atoms with van der Waals surface area (Å²) < 4.78 is 9.75. The molecule has 0 saturated heterocycles. The molecule has 0 N–H and O–H groups in total. The fraction of sp³-hybridized carbons (Fsp3) is 0.265. The summed E-state index contributed by atoms with van der Waals surface area (Å²) in [5.74, 6) is 0. The molecule has 3 aliphatic heterocycles. The van der Waals surface area contributed by atoms with Gasteiger partial charge in [-0.15, -0.1) is 11.3 Å². The first-order chi connectivity index (χ1) is 26.1. The normalized spacial score (nSPS) is 21.3. The van der Waals surface area contributed by atoms with Crippen molar-refractivity contribution in [2.45, 2.75) is 83.6 Å². The highest BCUT2D eigenvalue weighted by molar-refractivity contribution is 7.26. The third-order valence-corrected chi connectivity index (χ3v) is 15.4. The van der Waals surface area contributed by atoms with Gasteiger partial charge in [0.05, 0.1) is 15.9 Å². The summed E-state index contributed by atoms with van der Waals surface area (Å²) in [5, 5.41) is 5.06. The summed E-state index contributed by atoms with van der Waals surface area (Å²) in [6, 6.07) is 39.3. The molecule has 2 aromatic heterocycles. The highest BCUT2D eigenvalue weighted by atomic mass is 32.1. The average Bonchev–Trinajstić information content (AvgIpc) is 3.80. The number of furan rings is 1. The quantitative estimate of drug-likeness (QED) is 0.158. The maximum absolute atomic E-state index is 7.08. The first kappa shape index (κ1) is 31.4. The Bertz CT molecular complexity index is 2970. The zero-order valence-electron chi connectivity index (χ0n) is 31.9. The molecule has 0 radical (unpaired) electrons. The van der Waals surface area contributed by atoms with Crippen molar-refractivity contribution in [2.75, 3.05) is 9.71 Å². The Morgan fingerprint density at radius 2 is 1.50 bits per heavy atom. The van der Waals surface area contributed by atoms with Crippen LogP contribution in [0.2, 0.25) is 0 Å². The SMILES string of the molecule is Cc1ccccc1N1B2c3cc(C(C)(C)C)cc4c3N(c3cc5c(oc6ccccc65)c(c32)-c2ccc3c(sc5ccccc53)c21)C1(C)CCCCC41C. The third-order valence-electron chi connectivity index (χ3n) is 14.3. The number of para-hydroxylation sites is 2. The molecule has 0 spiro atoms. The van der Waals surface area contributed by atoms with E-state index < -0.39 is 0 Å². The highest BCUT2D eigenvalue weighted by Crippen LogP contribution is 2.63. The van der Waals surface area contributed by atoms with Gasteiger partial charge in [0.25, 0.3) is 0 Å². The van der Waals surface area contributed by atoms with Crippen LogP contribution < -0.4 is 20.6 Å². The Morgan fingerprint density at radius 1 is 0.741 bits per heavy atom. The molecule has 0 bridgehead atoms.